The highest BCUT2D eigenvalue weighted by atomic mass is 19.2. The highest BCUT2D eigenvalue weighted by Gasteiger charge is 2.20. The minimum absolute atomic E-state index is 0.141. The number of halogens is 2. The lowest BCUT2D eigenvalue weighted by Gasteiger charge is -2.22. The molecular weight excluding hydrogens is 242 g/mol. The van der Waals surface area contributed by atoms with Crippen LogP contribution in [0.25, 0.3) is 0 Å². The lowest BCUT2D eigenvalue weighted by atomic mass is 10.1. The fourth-order valence-corrected chi connectivity index (χ4v) is 1.60. The molecule has 0 fully saturated rings. The summed E-state index contributed by atoms with van der Waals surface area (Å²) in [5.74, 6) is -1.83. The monoisotopic (exact) mass is 260 g/mol. The summed E-state index contributed by atoms with van der Waals surface area (Å²) in [5.41, 5.74) is 0.491. The number of rotatable bonds is 7. The Bertz CT molecular complexity index is 365. The average Bonchev–Trinajstić information content (AvgIpc) is 2.33. The van der Waals surface area contributed by atoms with Gasteiger partial charge < -0.3 is 14.6 Å². The molecule has 0 aliphatic rings. The van der Waals surface area contributed by atoms with Crippen molar-refractivity contribution in [2.45, 2.75) is 32.7 Å². The Balaban J connectivity index is 2.66. The van der Waals surface area contributed by atoms with Crippen LogP contribution in [-0.4, -0.2) is 30.7 Å². The summed E-state index contributed by atoms with van der Waals surface area (Å²) >= 11 is 0. The molecule has 0 aliphatic carbocycles. The van der Waals surface area contributed by atoms with Crippen LogP contribution in [0.15, 0.2) is 18.2 Å². The van der Waals surface area contributed by atoms with E-state index in [1.165, 1.54) is 6.07 Å². The largest absolute Gasteiger partial charge is 0.387 e. The minimum atomic E-state index is -0.927. The summed E-state index contributed by atoms with van der Waals surface area (Å²) in [6, 6.07) is 3.53. The SMILES string of the molecule is CCOC(OCC)C(O)Cc1ccc(F)c(F)c1. The third-order valence-electron chi connectivity index (χ3n) is 2.40. The third kappa shape index (κ3) is 4.33. The van der Waals surface area contributed by atoms with Crippen molar-refractivity contribution >= 4 is 0 Å². The molecule has 1 atom stereocenters. The van der Waals surface area contributed by atoms with E-state index in [4.69, 9.17) is 9.47 Å². The second-order valence-electron chi connectivity index (χ2n) is 3.80. The van der Waals surface area contributed by atoms with Crippen molar-refractivity contribution in [2.75, 3.05) is 13.2 Å². The first kappa shape index (κ1) is 15.0. The maximum atomic E-state index is 13.0. The molecule has 0 spiro atoms. The summed E-state index contributed by atoms with van der Waals surface area (Å²) < 4.78 is 36.2. The van der Waals surface area contributed by atoms with Gasteiger partial charge in [0.1, 0.15) is 6.10 Å². The van der Waals surface area contributed by atoms with Crippen LogP contribution in [0.4, 0.5) is 8.78 Å². The molecule has 1 aromatic rings. The molecule has 18 heavy (non-hydrogen) atoms. The van der Waals surface area contributed by atoms with Crippen LogP contribution < -0.4 is 0 Å². The first-order valence-corrected chi connectivity index (χ1v) is 5.93. The van der Waals surface area contributed by atoms with Crippen LogP contribution in [0.1, 0.15) is 19.4 Å². The Morgan fingerprint density at radius 1 is 1.11 bits per heavy atom. The van der Waals surface area contributed by atoms with Gasteiger partial charge in [0.25, 0.3) is 0 Å². The average molecular weight is 260 g/mol. The Kier molecular flexibility index (Phi) is 6.18. The van der Waals surface area contributed by atoms with Gasteiger partial charge in [0.05, 0.1) is 0 Å². The van der Waals surface area contributed by atoms with Crippen LogP contribution in [0, 0.1) is 11.6 Å². The molecule has 0 aliphatic heterocycles. The predicted molar refractivity (Wildman–Crippen MR) is 63.1 cm³/mol. The number of hydrogen-bond donors (Lipinski definition) is 1. The second-order valence-corrected chi connectivity index (χ2v) is 3.80. The smallest absolute Gasteiger partial charge is 0.183 e. The van der Waals surface area contributed by atoms with Gasteiger partial charge in [-0.2, -0.15) is 0 Å². The Morgan fingerprint density at radius 2 is 1.72 bits per heavy atom. The van der Waals surface area contributed by atoms with Crippen LogP contribution in [0.3, 0.4) is 0 Å². The standard InChI is InChI=1S/C13H18F2O3/c1-3-17-13(18-4-2)12(16)8-9-5-6-10(14)11(15)7-9/h5-7,12-13,16H,3-4,8H2,1-2H3. The first-order valence-electron chi connectivity index (χ1n) is 5.93. The van der Waals surface area contributed by atoms with Crippen molar-refractivity contribution in [1.82, 2.24) is 0 Å². The minimum Gasteiger partial charge on any atom is -0.387 e. The van der Waals surface area contributed by atoms with Crippen molar-refractivity contribution in [3.05, 3.63) is 35.4 Å². The van der Waals surface area contributed by atoms with Crippen LogP contribution in [-0.2, 0) is 15.9 Å². The number of hydrogen-bond acceptors (Lipinski definition) is 3. The summed E-state index contributed by atoms with van der Waals surface area (Å²) in [6.07, 6.45) is -1.54. The molecule has 0 saturated heterocycles. The number of aliphatic hydroxyl groups is 1. The molecule has 1 aromatic carbocycles. The number of ether oxygens (including phenoxy) is 2. The van der Waals surface area contributed by atoms with Crippen molar-refractivity contribution in [3.8, 4) is 0 Å². The van der Waals surface area contributed by atoms with E-state index in [2.05, 4.69) is 0 Å². The molecule has 1 unspecified atom stereocenters. The zero-order chi connectivity index (χ0) is 13.5. The zero-order valence-corrected chi connectivity index (χ0v) is 10.5. The summed E-state index contributed by atoms with van der Waals surface area (Å²) in [5, 5.41) is 9.92. The molecule has 0 amide bonds. The molecule has 0 radical (unpaired) electrons. The number of benzene rings is 1. The molecule has 3 nitrogen and oxygen atoms in total. The van der Waals surface area contributed by atoms with E-state index in [1.807, 2.05) is 0 Å². The second kappa shape index (κ2) is 7.41. The normalized spacial score (nSPS) is 13.0. The van der Waals surface area contributed by atoms with Gasteiger partial charge in [0.2, 0.25) is 0 Å². The van der Waals surface area contributed by atoms with Gasteiger partial charge in [-0.3, -0.25) is 0 Å². The topological polar surface area (TPSA) is 38.7 Å². The fourth-order valence-electron chi connectivity index (χ4n) is 1.60. The van der Waals surface area contributed by atoms with Crippen LogP contribution in [0.5, 0.6) is 0 Å². The number of aliphatic hydroxyl groups excluding tert-OH is 1. The molecule has 0 saturated carbocycles. The van der Waals surface area contributed by atoms with Gasteiger partial charge in [-0.05, 0) is 31.5 Å². The Labute approximate surface area is 105 Å². The van der Waals surface area contributed by atoms with Crippen molar-refractivity contribution in [1.29, 1.82) is 0 Å². The quantitative estimate of drug-likeness (QED) is 0.764. The highest BCUT2D eigenvalue weighted by Crippen LogP contribution is 2.13. The van der Waals surface area contributed by atoms with Gasteiger partial charge in [-0.25, -0.2) is 8.78 Å². The van der Waals surface area contributed by atoms with E-state index in [0.29, 0.717) is 18.8 Å². The third-order valence-corrected chi connectivity index (χ3v) is 2.40. The molecular formula is C13H18F2O3. The maximum absolute atomic E-state index is 13.0. The molecule has 0 aromatic heterocycles. The van der Waals surface area contributed by atoms with Crippen LogP contribution >= 0.6 is 0 Å². The van der Waals surface area contributed by atoms with E-state index in [1.54, 1.807) is 13.8 Å². The molecule has 5 heteroatoms. The van der Waals surface area contributed by atoms with E-state index >= 15 is 0 Å². The predicted octanol–water partition coefficient (Wildman–Crippen LogP) is 2.27. The first-order chi connectivity index (χ1) is 8.58. The summed E-state index contributed by atoms with van der Waals surface area (Å²) in [6.45, 7) is 4.38. The lowest BCUT2D eigenvalue weighted by Crippen LogP contribution is -2.33. The summed E-state index contributed by atoms with van der Waals surface area (Å²) in [4.78, 5) is 0. The Hall–Kier alpha value is -1.04. The molecule has 0 bridgehead atoms. The van der Waals surface area contributed by atoms with Crippen molar-refractivity contribution < 1.29 is 23.4 Å². The highest BCUT2D eigenvalue weighted by molar-refractivity contribution is 5.18. The molecule has 102 valence electrons. The van der Waals surface area contributed by atoms with E-state index in [9.17, 15) is 13.9 Å². The van der Waals surface area contributed by atoms with Gasteiger partial charge >= 0.3 is 0 Å². The van der Waals surface area contributed by atoms with Crippen LogP contribution in [0.2, 0.25) is 0 Å². The van der Waals surface area contributed by atoms with Gasteiger partial charge in [0.15, 0.2) is 17.9 Å². The van der Waals surface area contributed by atoms with E-state index < -0.39 is 24.0 Å². The zero-order valence-electron chi connectivity index (χ0n) is 10.5. The van der Waals surface area contributed by atoms with E-state index in [0.717, 1.165) is 12.1 Å². The summed E-state index contributed by atoms with van der Waals surface area (Å²) in [7, 11) is 0. The fraction of sp³-hybridized carbons (Fsp3) is 0.538. The van der Waals surface area contributed by atoms with E-state index in [-0.39, 0.29) is 6.42 Å². The van der Waals surface area contributed by atoms with Crippen molar-refractivity contribution in [2.24, 2.45) is 0 Å². The Morgan fingerprint density at radius 3 is 2.22 bits per heavy atom. The van der Waals surface area contributed by atoms with Crippen molar-refractivity contribution in [3.63, 3.8) is 0 Å². The maximum Gasteiger partial charge on any atom is 0.183 e. The molecule has 1 N–H and O–H groups in total. The van der Waals surface area contributed by atoms with Gasteiger partial charge in [0, 0.05) is 19.6 Å². The van der Waals surface area contributed by atoms with Gasteiger partial charge in [-0.15, -0.1) is 0 Å². The molecule has 1 rings (SSSR count). The lowest BCUT2D eigenvalue weighted by molar-refractivity contribution is -0.188. The molecule has 0 heterocycles. The van der Waals surface area contributed by atoms with Gasteiger partial charge in [-0.1, -0.05) is 6.07 Å².